The number of benzene rings is 4. The Balaban J connectivity index is 1.24. The van der Waals surface area contributed by atoms with Crippen LogP contribution in [0.2, 0.25) is 0 Å². The number of nitrogens with one attached hydrogen (secondary N) is 1. The van der Waals surface area contributed by atoms with Crippen molar-refractivity contribution in [3.05, 3.63) is 131 Å². The third-order valence-electron chi connectivity index (χ3n) is 5.63. The first-order valence-corrected chi connectivity index (χ1v) is 11.9. The van der Waals surface area contributed by atoms with Crippen molar-refractivity contribution in [2.24, 2.45) is 5.10 Å². The van der Waals surface area contributed by atoms with E-state index in [1.807, 2.05) is 83.7 Å². The molecule has 5 rings (SSSR count). The molecule has 1 N–H and O–H groups in total. The summed E-state index contributed by atoms with van der Waals surface area (Å²) in [4.78, 5) is 12.7. The zero-order valence-electron chi connectivity index (χ0n) is 18.8. The molecule has 0 aliphatic rings. The largest absolute Gasteiger partial charge is 0.488 e. The monoisotopic (exact) mass is 523 g/mol. The number of carbonyl (C=O) groups excluding carboxylic acids is 1. The molecule has 0 saturated carbocycles. The van der Waals surface area contributed by atoms with E-state index in [0.29, 0.717) is 12.2 Å². The first-order chi connectivity index (χ1) is 17.2. The van der Waals surface area contributed by atoms with Gasteiger partial charge in [0.25, 0.3) is 5.91 Å². The number of nitrogens with zero attached hydrogens (tertiary/aromatic N) is 2. The molecule has 0 fully saturated rings. The number of rotatable bonds is 7. The number of ether oxygens (including phenoxy) is 1. The van der Waals surface area contributed by atoms with Crippen LogP contribution in [0.1, 0.15) is 21.5 Å². The van der Waals surface area contributed by atoms with Crippen molar-refractivity contribution >= 4 is 38.8 Å². The van der Waals surface area contributed by atoms with Crippen molar-refractivity contribution in [2.45, 2.75) is 6.61 Å². The Morgan fingerprint density at radius 2 is 1.69 bits per heavy atom. The fraction of sp³-hybridized carbons (Fsp3) is 0.0345. The van der Waals surface area contributed by atoms with Gasteiger partial charge in [0.05, 0.1) is 21.9 Å². The van der Waals surface area contributed by atoms with Gasteiger partial charge in [-0.1, -0.05) is 54.6 Å². The second kappa shape index (κ2) is 10.4. The number of fused-ring (bicyclic) bond motifs is 1. The molecule has 1 aromatic heterocycles. The average Bonchev–Trinajstić information content (AvgIpc) is 3.43. The maximum atomic E-state index is 12.7. The van der Waals surface area contributed by atoms with Crippen LogP contribution in [0.15, 0.2) is 119 Å². The van der Waals surface area contributed by atoms with E-state index in [4.69, 9.17) is 4.74 Å². The number of amides is 1. The Bertz CT molecular complexity index is 1500. The lowest BCUT2D eigenvalue weighted by molar-refractivity contribution is 0.0955. The van der Waals surface area contributed by atoms with E-state index in [-0.39, 0.29) is 5.91 Å². The minimum absolute atomic E-state index is 0.278. The summed E-state index contributed by atoms with van der Waals surface area (Å²) in [6.45, 7) is 0.463. The Kier molecular flexibility index (Phi) is 6.73. The predicted molar refractivity (Wildman–Crippen MR) is 143 cm³/mol. The second-order valence-electron chi connectivity index (χ2n) is 7.92. The minimum Gasteiger partial charge on any atom is -0.488 e. The van der Waals surface area contributed by atoms with Gasteiger partial charge in [-0.15, -0.1) is 0 Å². The fourth-order valence-corrected chi connectivity index (χ4v) is 4.41. The fourth-order valence-electron chi connectivity index (χ4n) is 3.90. The Morgan fingerprint density at radius 3 is 2.54 bits per heavy atom. The zero-order chi connectivity index (χ0) is 24.0. The van der Waals surface area contributed by atoms with Crippen molar-refractivity contribution in [1.82, 2.24) is 9.99 Å². The molecule has 1 heterocycles. The molecule has 5 nitrogen and oxygen atoms in total. The van der Waals surface area contributed by atoms with E-state index in [1.54, 1.807) is 12.3 Å². The molecule has 6 heteroatoms. The van der Waals surface area contributed by atoms with Crippen LogP contribution in [0.5, 0.6) is 5.75 Å². The number of para-hydroxylation sites is 1. The van der Waals surface area contributed by atoms with Gasteiger partial charge in [-0.05, 0) is 80.3 Å². The molecular formula is C29H22BrN3O2. The molecule has 0 bridgehead atoms. The summed E-state index contributed by atoms with van der Waals surface area (Å²) in [5.41, 5.74) is 5.91. The molecule has 4 aromatic carbocycles. The van der Waals surface area contributed by atoms with Crippen molar-refractivity contribution in [1.29, 1.82) is 0 Å². The first kappa shape index (κ1) is 22.6. The van der Waals surface area contributed by atoms with Crippen LogP contribution < -0.4 is 10.2 Å². The third kappa shape index (κ3) is 5.18. The van der Waals surface area contributed by atoms with Crippen LogP contribution in [0.3, 0.4) is 0 Å². The highest BCUT2D eigenvalue weighted by atomic mass is 79.9. The van der Waals surface area contributed by atoms with E-state index in [9.17, 15) is 4.79 Å². The molecule has 0 radical (unpaired) electrons. The minimum atomic E-state index is -0.278. The summed E-state index contributed by atoms with van der Waals surface area (Å²) in [6.07, 6.45) is 5.41. The maximum Gasteiger partial charge on any atom is 0.273 e. The Morgan fingerprint density at radius 1 is 0.914 bits per heavy atom. The molecule has 0 atom stereocenters. The van der Waals surface area contributed by atoms with Gasteiger partial charge in [0.15, 0.2) is 0 Å². The van der Waals surface area contributed by atoms with Gasteiger partial charge in [-0.2, -0.15) is 5.10 Å². The lowest BCUT2D eigenvalue weighted by atomic mass is 10.1. The van der Waals surface area contributed by atoms with Gasteiger partial charge in [0, 0.05) is 12.4 Å². The number of hydrogen-bond donors (Lipinski definition) is 1. The Labute approximate surface area is 211 Å². The molecular weight excluding hydrogens is 502 g/mol. The number of halogens is 1. The SMILES string of the molecule is O=C(N/N=C\c1ccc(OCc2cccc3ccccc23)c(Br)c1)c1ccccc1-n1cccc1. The van der Waals surface area contributed by atoms with E-state index >= 15 is 0 Å². The molecule has 1 amide bonds. The zero-order valence-corrected chi connectivity index (χ0v) is 20.4. The number of carbonyl (C=O) groups is 1. The molecule has 0 aliphatic heterocycles. The van der Waals surface area contributed by atoms with E-state index < -0.39 is 0 Å². The normalized spacial score (nSPS) is 11.1. The average molecular weight is 524 g/mol. The molecule has 0 saturated heterocycles. The molecule has 5 aromatic rings. The lowest BCUT2D eigenvalue weighted by Gasteiger charge is -2.11. The van der Waals surface area contributed by atoms with Crippen LogP contribution in [-0.4, -0.2) is 16.7 Å². The first-order valence-electron chi connectivity index (χ1n) is 11.1. The van der Waals surface area contributed by atoms with Gasteiger partial charge in [-0.3, -0.25) is 4.79 Å². The van der Waals surface area contributed by atoms with E-state index in [1.165, 1.54) is 10.8 Å². The summed E-state index contributed by atoms with van der Waals surface area (Å²) in [5.74, 6) is 0.458. The number of aromatic nitrogens is 1. The van der Waals surface area contributed by atoms with Crippen LogP contribution in [0.25, 0.3) is 16.5 Å². The van der Waals surface area contributed by atoms with Gasteiger partial charge in [-0.25, -0.2) is 5.43 Å². The maximum absolute atomic E-state index is 12.7. The van der Waals surface area contributed by atoms with Crippen LogP contribution in [0, 0.1) is 0 Å². The molecule has 0 unspecified atom stereocenters. The molecule has 0 aliphatic carbocycles. The van der Waals surface area contributed by atoms with E-state index in [0.717, 1.165) is 27.0 Å². The standard InChI is InChI=1S/C29H22BrN3O2/c30-26-18-21(14-15-28(26)35-20-23-10-7-9-22-8-1-2-11-24(22)23)19-31-32-29(34)25-12-3-4-13-27(25)33-16-5-6-17-33/h1-19H,20H2,(H,32,34)/b31-19-. The summed E-state index contributed by atoms with van der Waals surface area (Å²) < 4.78 is 8.78. The summed E-state index contributed by atoms with van der Waals surface area (Å²) in [7, 11) is 0. The van der Waals surface area contributed by atoms with Gasteiger partial charge >= 0.3 is 0 Å². The highest BCUT2D eigenvalue weighted by molar-refractivity contribution is 9.10. The molecule has 172 valence electrons. The summed E-state index contributed by atoms with van der Waals surface area (Å²) >= 11 is 3.58. The number of hydrazone groups is 1. The van der Waals surface area contributed by atoms with Crippen molar-refractivity contribution in [3.8, 4) is 11.4 Å². The summed E-state index contributed by atoms with van der Waals surface area (Å²) in [6, 6.07) is 31.4. The van der Waals surface area contributed by atoms with Crippen molar-refractivity contribution < 1.29 is 9.53 Å². The van der Waals surface area contributed by atoms with Crippen molar-refractivity contribution in [3.63, 3.8) is 0 Å². The van der Waals surface area contributed by atoms with Gasteiger partial charge < -0.3 is 9.30 Å². The van der Waals surface area contributed by atoms with E-state index in [2.05, 4.69) is 50.7 Å². The molecule has 35 heavy (non-hydrogen) atoms. The molecule has 0 spiro atoms. The van der Waals surface area contributed by atoms with Crippen LogP contribution >= 0.6 is 15.9 Å². The predicted octanol–water partition coefficient (Wildman–Crippen LogP) is 6.74. The lowest BCUT2D eigenvalue weighted by Crippen LogP contribution is -2.19. The van der Waals surface area contributed by atoms with Gasteiger partial charge in [0.1, 0.15) is 12.4 Å². The number of hydrogen-bond acceptors (Lipinski definition) is 3. The quantitative estimate of drug-likeness (QED) is 0.190. The van der Waals surface area contributed by atoms with Crippen LogP contribution in [-0.2, 0) is 6.61 Å². The smallest absolute Gasteiger partial charge is 0.273 e. The highest BCUT2D eigenvalue weighted by Gasteiger charge is 2.11. The second-order valence-corrected chi connectivity index (χ2v) is 8.78. The highest BCUT2D eigenvalue weighted by Crippen LogP contribution is 2.27. The van der Waals surface area contributed by atoms with Gasteiger partial charge in [0.2, 0.25) is 0 Å². The Hall–Kier alpha value is -4.16. The third-order valence-corrected chi connectivity index (χ3v) is 6.25. The summed E-state index contributed by atoms with van der Waals surface area (Å²) in [5, 5.41) is 6.52. The van der Waals surface area contributed by atoms with Crippen molar-refractivity contribution in [2.75, 3.05) is 0 Å². The topological polar surface area (TPSA) is 55.6 Å². The van der Waals surface area contributed by atoms with Crippen LogP contribution in [0.4, 0.5) is 0 Å².